The van der Waals surface area contributed by atoms with Crippen LogP contribution >= 0.6 is 0 Å². The summed E-state index contributed by atoms with van der Waals surface area (Å²) in [5.41, 5.74) is 0.196. The van der Waals surface area contributed by atoms with E-state index in [1.165, 1.54) is 6.08 Å². The first-order chi connectivity index (χ1) is 12.7. The number of allylic oxidation sites excluding steroid dienone is 4. The van der Waals surface area contributed by atoms with Gasteiger partial charge in [0.1, 0.15) is 11.6 Å². The summed E-state index contributed by atoms with van der Waals surface area (Å²) in [6, 6.07) is -1.40. The summed E-state index contributed by atoms with van der Waals surface area (Å²) in [5.74, 6) is -2.07. The van der Waals surface area contributed by atoms with Crippen molar-refractivity contribution < 1.29 is 24.2 Å². The Bertz CT molecular complexity index is 606. The molecule has 0 heterocycles. The quantitative estimate of drug-likeness (QED) is 0.361. The highest BCUT2D eigenvalue weighted by molar-refractivity contribution is 5.86. The average Bonchev–Trinajstić information content (AvgIpc) is 2.61. The van der Waals surface area contributed by atoms with Gasteiger partial charge in [0.25, 0.3) is 0 Å². The molecule has 3 unspecified atom stereocenters. The highest BCUT2D eigenvalue weighted by Gasteiger charge is 2.36. The van der Waals surface area contributed by atoms with Crippen molar-refractivity contribution in [3.8, 4) is 0 Å². The number of nitrogens with one attached hydrogen (secondary N) is 1. The van der Waals surface area contributed by atoms with Crippen LogP contribution in [0.4, 0.5) is 4.79 Å². The monoisotopic (exact) mass is 380 g/mol. The number of alkyl carbamates (subject to hydrolysis) is 1. The molecule has 150 valence electrons. The zero-order valence-electron chi connectivity index (χ0n) is 16.0. The van der Waals surface area contributed by atoms with Gasteiger partial charge in [-0.15, -0.1) is 11.5 Å². The topological polar surface area (TPSA) is 114 Å². The van der Waals surface area contributed by atoms with Crippen molar-refractivity contribution in [1.29, 1.82) is 0 Å². The molecular weight excluding hydrogens is 352 g/mol. The highest BCUT2D eigenvalue weighted by Crippen LogP contribution is 2.21. The van der Waals surface area contributed by atoms with Crippen LogP contribution in [-0.4, -0.2) is 41.6 Å². The lowest BCUT2D eigenvalue weighted by atomic mass is 9.94. The lowest BCUT2D eigenvalue weighted by molar-refractivity contribution is -0.145. The van der Waals surface area contributed by atoms with E-state index in [0.717, 1.165) is 18.4 Å². The van der Waals surface area contributed by atoms with Crippen LogP contribution in [0, 0.1) is 10.8 Å². The molecule has 0 aromatic carbocycles. The SMILES string of the molecule is C=CCC(C(O)OCC1=CC=CCC1)C(NC(=O)OC(C)(C)C)C(=O)N=O. The predicted molar refractivity (Wildman–Crippen MR) is 101 cm³/mol. The molecule has 0 aliphatic heterocycles. The smallest absolute Gasteiger partial charge is 0.408 e. The summed E-state index contributed by atoms with van der Waals surface area (Å²) in [5, 5.41) is 15.1. The van der Waals surface area contributed by atoms with E-state index in [9.17, 15) is 19.6 Å². The van der Waals surface area contributed by atoms with Crippen LogP contribution in [-0.2, 0) is 14.3 Å². The van der Waals surface area contributed by atoms with E-state index in [0.29, 0.717) is 0 Å². The van der Waals surface area contributed by atoms with Gasteiger partial charge in [0.15, 0.2) is 6.29 Å². The second-order valence-electron chi connectivity index (χ2n) is 7.23. The van der Waals surface area contributed by atoms with Crippen molar-refractivity contribution >= 4 is 12.0 Å². The van der Waals surface area contributed by atoms with Crippen molar-refractivity contribution in [2.24, 2.45) is 11.1 Å². The summed E-state index contributed by atoms with van der Waals surface area (Å²) >= 11 is 0. The molecule has 0 aromatic rings. The van der Waals surface area contributed by atoms with Gasteiger partial charge >= 0.3 is 12.0 Å². The molecule has 8 heteroatoms. The molecule has 0 saturated heterocycles. The van der Waals surface area contributed by atoms with Gasteiger partial charge in [-0.05, 0) is 45.6 Å². The molecule has 27 heavy (non-hydrogen) atoms. The third-order valence-electron chi connectivity index (χ3n) is 3.80. The van der Waals surface area contributed by atoms with E-state index >= 15 is 0 Å². The standard InChI is InChI=1S/C19H28N2O6/c1-5-9-14(17(23)26-12-13-10-7-6-8-11-13)15(16(22)21-25)20-18(24)27-19(2,3)4/h5-7,10,14-15,17,23H,1,8-9,11-12H2,2-4H3,(H,20,24). The minimum atomic E-state index is -1.42. The molecule has 0 fully saturated rings. The molecule has 3 atom stereocenters. The lowest BCUT2D eigenvalue weighted by Gasteiger charge is -2.29. The minimum absolute atomic E-state index is 0.113. The van der Waals surface area contributed by atoms with E-state index in [2.05, 4.69) is 17.1 Å². The van der Waals surface area contributed by atoms with Gasteiger partial charge < -0.3 is 19.9 Å². The second kappa shape index (κ2) is 10.7. The van der Waals surface area contributed by atoms with Gasteiger partial charge in [0.2, 0.25) is 0 Å². The van der Waals surface area contributed by atoms with Crippen LogP contribution in [0.25, 0.3) is 0 Å². The van der Waals surface area contributed by atoms with E-state index in [-0.39, 0.29) is 13.0 Å². The molecule has 1 aliphatic rings. The molecule has 0 saturated carbocycles. The molecular formula is C19H28N2O6. The van der Waals surface area contributed by atoms with Crippen molar-refractivity contribution in [2.45, 2.75) is 58.0 Å². The highest BCUT2D eigenvalue weighted by atomic mass is 16.6. The van der Waals surface area contributed by atoms with Gasteiger partial charge in [0, 0.05) is 11.1 Å². The van der Waals surface area contributed by atoms with Crippen LogP contribution in [0.15, 0.2) is 41.6 Å². The maximum Gasteiger partial charge on any atom is 0.408 e. The Kier molecular flexibility index (Phi) is 9.04. The Morgan fingerprint density at radius 2 is 2.15 bits per heavy atom. The molecule has 1 rings (SSSR count). The van der Waals surface area contributed by atoms with Crippen molar-refractivity contribution in [3.05, 3.63) is 41.4 Å². The van der Waals surface area contributed by atoms with Crippen LogP contribution in [0.3, 0.4) is 0 Å². The number of rotatable bonds is 9. The van der Waals surface area contributed by atoms with Gasteiger partial charge in [-0.3, -0.25) is 4.79 Å². The molecule has 0 aromatic heterocycles. The van der Waals surface area contributed by atoms with E-state index in [1.54, 1.807) is 20.8 Å². The summed E-state index contributed by atoms with van der Waals surface area (Å²) in [4.78, 5) is 34.8. The molecule has 2 N–H and O–H groups in total. The van der Waals surface area contributed by atoms with Crippen molar-refractivity contribution in [1.82, 2.24) is 5.32 Å². The first-order valence-corrected chi connectivity index (χ1v) is 8.79. The molecule has 0 bridgehead atoms. The first kappa shape index (κ1) is 22.7. The fourth-order valence-electron chi connectivity index (χ4n) is 2.54. The summed E-state index contributed by atoms with van der Waals surface area (Å²) in [6.45, 7) is 8.73. The number of hydrogen-bond donors (Lipinski definition) is 2. The minimum Gasteiger partial charge on any atom is -0.444 e. The summed E-state index contributed by atoms with van der Waals surface area (Å²) in [7, 11) is 0. The number of amides is 2. The van der Waals surface area contributed by atoms with Crippen LogP contribution < -0.4 is 5.32 Å². The molecule has 0 radical (unpaired) electrons. The van der Waals surface area contributed by atoms with Gasteiger partial charge in [-0.25, -0.2) is 4.79 Å². The number of ether oxygens (including phenoxy) is 2. The normalized spacial score (nSPS) is 17.3. The number of carbonyl (C=O) groups excluding carboxylic acids is 2. The second-order valence-corrected chi connectivity index (χ2v) is 7.23. The Hall–Kier alpha value is -2.32. The molecule has 2 amide bonds. The Morgan fingerprint density at radius 3 is 2.67 bits per heavy atom. The number of nitrogens with zero attached hydrogens (tertiary/aromatic N) is 1. The van der Waals surface area contributed by atoms with Crippen LogP contribution in [0.5, 0.6) is 0 Å². The van der Waals surface area contributed by atoms with E-state index in [4.69, 9.17) is 9.47 Å². The fourth-order valence-corrected chi connectivity index (χ4v) is 2.54. The number of nitroso groups, excluding NO2 is 1. The molecule has 0 spiro atoms. The maximum atomic E-state index is 12.0. The summed E-state index contributed by atoms with van der Waals surface area (Å²) in [6.07, 6.45) is 6.78. The van der Waals surface area contributed by atoms with Crippen LogP contribution in [0.2, 0.25) is 0 Å². The number of aliphatic hydroxyl groups is 1. The Labute approximate surface area is 159 Å². The fraction of sp³-hybridized carbons (Fsp3) is 0.579. The number of carbonyl (C=O) groups is 2. The summed E-state index contributed by atoms with van der Waals surface area (Å²) < 4.78 is 10.6. The van der Waals surface area contributed by atoms with Gasteiger partial charge in [-0.2, -0.15) is 0 Å². The first-order valence-electron chi connectivity index (χ1n) is 8.79. The zero-order valence-corrected chi connectivity index (χ0v) is 16.0. The maximum absolute atomic E-state index is 12.0. The average molecular weight is 380 g/mol. The third-order valence-corrected chi connectivity index (χ3v) is 3.80. The third kappa shape index (κ3) is 8.27. The van der Waals surface area contributed by atoms with Crippen LogP contribution in [0.1, 0.15) is 40.0 Å². The lowest BCUT2D eigenvalue weighted by Crippen LogP contribution is -2.50. The van der Waals surface area contributed by atoms with Crippen molar-refractivity contribution in [3.63, 3.8) is 0 Å². The van der Waals surface area contributed by atoms with E-state index in [1.807, 2.05) is 18.2 Å². The van der Waals surface area contributed by atoms with E-state index < -0.39 is 35.9 Å². The van der Waals surface area contributed by atoms with Gasteiger partial charge in [0.05, 0.1) is 6.61 Å². The van der Waals surface area contributed by atoms with Crippen molar-refractivity contribution in [2.75, 3.05) is 6.61 Å². The zero-order chi connectivity index (χ0) is 20.4. The Morgan fingerprint density at radius 1 is 1.44 bits per heavy atom. The number of hydrogen-bond acceptors (Lipinski definition) is 6. The Balaban J connectivity index is 2.87. The number of aliphatic hydroxyl groups excluding tert-OH is 1. The molecule has 1 aliphatic carbocycles. The van der Waals surface area contributed by atoms with Gasteiger partial charge in [-0.1, -0.05) is 24.3 Å². The predicted octanol–water partition coefficient (Wildman–Crippen LogP) is 2.98. The largest absolute Gasteiger partial charge is 0.444 e. The molecule has 8 nitrogen and oxygen atoms in total.